The second-order valence-electron chi connectivity index (χ2n) is 3.67. The molecule has 2 unspecified atom stereocenters. The third kappa shape index (κ3) is 2.95. The van der Waals surface area contributed by atoms with Crippen molar-refractivity contribution in [2.45, 2.75) is 12.1 Å². The summed E-state index contributed by atoms with van der Waals surface area (Å²) in [5.41, 5.74) is 0.173. The van der Waals surface area contributed by atoms with Gasteiger partial charge in [0.15, 0.2) is 0 Å². The van der Waals surface area contributed by atoms with E-state index in [4.69, 9.17) is 9.84 Å². The number of likely N-dealkylation sites (N-methyl/N-ethyl adjacent to an activating group) is 1. The fraction of sp³-hybridized carbons (Fsp3) is 0.600. The number of aliphatic hydroxyl groups excluding tert-OH is 1. The standard InChI is InChI=1S/C10H16N2O5/c1-11-9(14)7-3-6(5-17-2)12(10(15)16)4-8(7)13/h3,6,8,13H,4-5H2,1-2H3,(H,11,14)(H,15,16). The van der Waals surface area contributed by atoms with Crippen molar-refractivity contribution in [3.05, 3.63) is 11.6 Å². The number of hydrogen-bond acceptors (Lipinski definition) is 4. The highest BCUT2D eigenvalue weighted by atomic mass is 16.5. The van der Waals surface area contributed by atoms with Gasteiger partial charge in [0, 0.05) is 19.7 Å². The number of β-amino-alcohol motifs (C(OH)–C–C–N with tert-alkyl or cyclic N) is 1. The van der Waals surface area contributed by atoms with Crippen molar-refractivity contribution < 1.29 is 24.5 Å². The molecule has 0 radical (unpaired) electrons. The Kier molecular flexibility index (Phi) is 4.47. The number of rotatable bonds is 3. The maximum Gasteiger partial charge on any atom is 0.407 e. The zero-order valence-electron chi connectivity index (χ0n) is 9.71. The molecular weight excluding hydrogens is 228 g/mol. The lowest BCUT2D eigenvalue weighted by molar-refractivity contribution is -0.118. The normalized spacial score (nSPS) is 24.2. The van der Waals surface area contributed by atoms with Crippen LogP contribution in [0.5, 0.6) is 0 Å². The number of ether oxygens (including phenoxy) is 1. The molecule has 0 aliphatic carbocycles. The molecular formula is C10H16N2O5. The molecule has 0 fully saturated rings. The van der Waals surface area contributed by atoms with Crippen LogP contribution in [0, 0.1) is 0 Å². The first-order valence-corrected chi connectivity index (χ1v) is 5.11. The van der Waals surface area contributed by atoms with Gasteiger partial charge < -0.3 is 20.3 Å². The quantitative estimate of drug-likeness (QED) is 0.593. The minimum absolute atomic E-state index is 0.136. The van der Waals surface area contributed by atoms with E-state index in [0.717, 1.165) is 4.90 Å². The molecule has 3 N–H and O–H groups in total. The number of nitrogens with one attached hydrogen (secondary N) is 1. The van der Waals surface area contributed by atoms with Crippen LogP contribution in [0.25, 0.3) is 0 Å². The van der Waals surface area contributed by atoms with Gasteiger partial charge >= 0.3 is 6.09 Å². The minimum Gasteiger partial charge on any atom is -0.465 e. The average Bonchev–Trinajstić information content (AvgIpc) is 2.30. The van der Waals surface area contributed by atoms with Gasteiger partial charge in [-0.3, -0.25) is 9.69 Å². The van der Waals surface area contributed by atoms with Gasteiger partial charge in [-0.05, 0) is 6.08 Å². The van der Waals surface area contributed by atoms with E-state index in [2.05, 4.69) is 5.32 Å². The van der Waals surface area contributed by atoms with Gasteiger partial charge in [0.25, 0.3) is 0 Å². The van der Waals surface area contributed by atoms with Crippen LogP contribution in [0.1, 0.15) is 0 Å². The maximum atomic E-state index is 11.5. The maximum absolute atomic E-state index is 11.5. The summed E-state index contributed by atoms with van der Waals surface area (Å²) in [7, 11) is 2.89. The van der Waals surface area contributed by atoms with Crippen molar-refractivity contribution in [3.63, 3.8) is 0 Å². The molecule has 2 atom stereocenters. The van der Waals surface area contributed by atoms with E-state index in [1.54, 1.807) is 0 Å². The Hall–Kier alpha value is -1.60. The predicted octanol–water partition coefficient (Wildman–Crippen LogP) is -0.972. The fourth-order valence-electron chi connectivity index (χ4n) is 1.73. The van der Waals surface area contributed by atoms with Crippen molar-refractivity contribution >= 4 is 12.0 Å². The molecule has 96 valence electrons. The Labute approximate surface area is 98.7 Å². The molecule has 1 rings (SSSR count). The lowest BCUT2D eigenvalue weighted by Crippen LogP contribution is -2.50. The summed E-state index contributed by atoms with van der Waals surface area (Å²) >= 11 is 0. The third-order valence-electron chi connectivity index (χ3n) is 2.57. The van der Waals surface area contributed by atoms with Crippen molar-refractivity contribution in [1.82, 2.24) is 10.2 Å². The molecule has 0 saturated heterocycles. The van der Waals surface area contributed by atoms with E-state index in [0.29, 0.717) is 0 Å². The van der Waals surface area contributed by atoms with Crippen LogP contribution in [0.15, 0.2) is 11.6 Å². The Morgan fingerprint density at radius 2 is 2.29 bits per heavy atom. The van der Waals surface area contributed by atoms with Gasteiger partial charge in [-0.1, -0.05) is 0 Å². The number of carbonyl (C=O) groups excluding carboxylic acids is 1. The van der Waals surface area contributed by atoms with E-state index in [1.807, 2.05) is 0 Å². The highest BCUT2D eigenvalue weighted by molar-refractivity contribution is 5.94. The van der Waals surface area contributed by atoms with Crippen molar-refractivity contribution in [2.75, 3.05) is 27.3 Å². The lowest BCUT2D eigenvalue weighted by atomic mass is 9.99. The third-order valence-corrected chi connectivity index (χ3v) is 2.57. The number of nitrogens with zero attached hydrogens (tertiary/aromatic N) is 1. The monoisotopic (exact) mass is 244 g/mol. The zero-order chi connectivity index (χ0) is 13.0. The van der Waals surface area contributed by atoms with Gasteiger partial charge in [-0.25, -0.2) is 4.79 Å². The van der Waals surface area contributed by atoms with Gasteiger partial charge in [0.05, 0.1) is 19.2 Å². The number of amides is 2. The highest BCUT2D eigenvalue weighted by Gasteiger charge is 2.33. The Morgan fingerprint density at radius 3 is 2.76 bits per heavy atom. The van der Waals surface area contributed by atoms with Crippen LogP contribution in [-0.2, 0) is 9.53 Å². The Bertz CT molecular complexity index is 342. The second kappa shape index (κ2) is 5.65. The van der Waals surface area contributed by atoms with E-state index in [-0.39, 0.29) is 18.7 Å². The van der Waals surface area contributed by atoms with Crippen LogP contribution in [0.4, 0.5) is 4.79 Å². The Balaban J connectivity index is 2.97. The number of aliphatic hydroxyl groups is 1. The van der Waals surface area contributed by atoms with E-state index in [1.165, 1.54) is 20.2 Å². The first-order chi connectivity index (χ1) is 8.01. The van der Waals surface area contributed by atoms with Crippen molar-refractivity contribution in [1.29, 1.82) is 0 Å². The molecule has 0 aromatic heterocycles. The smallest absolute Gasteiger partial charge is 0.407 e. The SMILES string of the molecule is CNC(=O)C1=CC(COC)N(C(=O)O)CC1O. The molecule has 0 aromatic carbocycles. The summed E-state index contributed by atoms with van der Waals surface area (Å²) in [6.07, 6.45) is -0.845. The molecule has 1 heterocycles. The molecule has 17 heavy (non-hydrogen) atoms. The zero-order valence-corrected chi connectivity index (χ0v) is 9.71. The van der Waals surface area contributed by atoms with E-state index < -0.39 is 24.1 Å². The topological polar surface area (TPSA) is 99.1 Å². The molecule has 0 bridgehead atoms. The van der Waals surface area contributed by atoms with Crippen molar-refractivity contribution in [2.24, 2.45) is 0 Å². The van der Waals surface area contributed by atoms with Crippen LogP contribution >= 0.6 is 0 Å². The summed E-state index contributed by atoms with van der Waals surface area (Å²) in [6.45, 7) is 0.00211. The number of carboxylic acid groups (broad SMARTS) is 1. The van der Waals surface area contributed by atoms with Crippen LogP contribution in [-0.4, -0.2) is 66.6 Å². The summed E-state index contributed by atoms with van der Waals surface area (Å²) in [4.78, 5) is 23.5. The summed E-state index contributed by atoms with van der Waals surface area (Å²) < 4.78 is 4.90. The molecule has 7 heteroatoms. The largest absolute Gasteiger partial charge is 0.465 e. The molecule has 7 nitrogen and oxygen atoms in total. The van der Waals surface area contributed by atoms with Crippen LogP contribution < -0.4 is 5.32 Å². The van der Waals surface area contributed by atoms with Crippen LogP contribution in [0.3, 0.4) is 0 Å². The first-order valence-electron chi connectivity index (χ1n) is 5.11. The van der Waals surface area contributed by atoms with E-state index in [9.17, 15) is 14.7 Å². The van der Waals surface area contributed by atoms with Gasteiger partial charge in [0.2, 0.25) is 5.91 Å². The second-order valence-corrected chi connectivity index (χ2v) is 3.67. The molecule has 0 saturated carbocycles. The summed E-state index contributed by atoms with van der Waals surface area (Å²) in [5.74, 6) is -0.413. The minimum atomic E-state index is -1.15. The fourth-order valence-corrected chi connectivity index (χ4v) is 1.73. The molecule has 1 aliphatic heterocycles. The van der Waals surface area contributed by atoms with Gasteiger partial charge in [0.1, 0.15) is 6.10 Å². The summed E-state index contributed by atoms with van der Waals surface area (Å²) in [5, 5.41) is 21.1. The summed E-state index contributed by atoms with van der Waals surface area (Å²) in [6, 6.07) is -0.562. The highest BCUT2D eigenvalue weighted by Crippen LogP contribution is 2.18. The molecule has 0 spiro atoms. The average molecular weight is 244 g/mol. The van der Waals surface area contributed by atoms with Crippen molar-refractivity contribution in [3.8, 4) is 0 Å². The molecule has 1 aliphatic rings. The van der Waals surface area contributed by atoms with Gasteiger partial charge in [-0.2, -0.15) is 0 Å². The van der Waals surface area contributed by atoms with Gasteiger partial charge in [-0.15, -0.1) is 0 Å². The Morgan fingerprint density at radius 1 is 1.65 bits per heavy atom. The molecule has 0 aromatic rings. The molecule has 2 amide bonds. The number of methoxy groups -OCH3 is 1. The van der Waals surface area contributed by atoms with Crippen LogP contribution in [0.2, 0.25) is 0 Å². The first kappa shape index (κ1) is 13.5. The lowest BCUT2D eigenvalue weighted by Gasteiger charge is -2.34. The predicted molar refractivity (Wildman–Crippen MR) is 58.6 cm³/mol. The number of hydrogen-bond donors (Lipinski definition) is 3. The van der Waals surface area contributed by atoms with E-state index >= 15 is 0 Å². The number of carbonyl (C=O) groups is 2.